The summed E-state index contributed by atoms with van der Waals surface area (Å²) < 4.78 is 0. The lowest BCUT2D eigenvalue weighted by Crippen LogP contribution is -2.32. The number of rotatable bonds is 1. The van der Waals surface area contributed by atoms with Crippen molar-refractivity contribution in [3.05, 3.63) is 28.2 Å². The van der Waals surface area contributed by atoms with Gasteiger partial charge in [-0.3, -0.25) is 4.99 Å². The van der Waals surface area contributed by atoms with Crippen LogP contribution in [0.5, 0.6) is 0 Å². The topological polar surface area (TPSA) is 36.4 Å². The van der Waals surface area contributed by atoms with Crippen molar-refractivity contribution in [1.29, 1.82) is 0 Å². The van der Waals surface area contributed by atoms with Crippen LogP contribution in [0, 0.1) is 0 Å². The van der Waals surface area contributed by atoms with E-state index < -0.39 is 0 Å². The fourth-order valence-electron chi connectivity index (χ4n) is 1.36. The molecule has 0 bridgehead atoms. The molecule has 0 saturated heterocycles. The predicted octanol–water partition coefficient (Wildman–Crippen LogP) is 3.17. The molecular weight excluding hydrogens is 268 g/mol. The minimum absolute atomic E-state index is 0. The lowest BCUT2D eigenvalue weighted by molar-refractivity contribution is 0.725. The monoisotopic (exact) mass is 279 g/mol. The highest BCUT2D eigenvalue weighted by molar-refractivity contribution is 6.39. The molecule has 1 aromatic carbocycles. The molecule has 16 heavy (non-hydrogen) atoms. The summed E-state index contributed by atoms with van der Waals surface area (Å²) in [4.78, 5) is 4.27. The van der Waals surface area contributed by atoms with E-state index in [4.69, 9.17) is 23.2 Å². The summed E-state index contributed by atoms with van der Waals surface area (Å²) in [6, 6.07) is 5.74. The first-order valence-electron chi connectivity index (χ1n) is 4.69. The second-order valence-corrected chi connectivity index (χ2v) is 4.27. The molecular formula is C10H12Cl3N3. The molecule has 88 valence electrons. The van der Waals surface area contributed by atoms with Gasteiger partial charge < -0.3 is 10.6 Å². The van der Waals surface area contributed by atoms with Crippen LogP contribution in [0.1, 0.15) is 6.92 Å². The number of hydrogen-bond acceptors (Lipinski definition) is 3. The minimum atomic E-state index is 0. The molecule has 0 fully saturated rings. The van der Waals surface area contributed by atoms with Gasteiger partial charge in [-0.2, -0.15) is 0 Å². The maximum atomic E-state index is 6.01. The van der Waals surface area contributed by atoms with E-state index in [0.717, 1.165) is 12.5 Å². The smallest absolute Gasteiger partial charge is 0.196 e. The number of nitrogens with zero attached hydrogens (tertiary/aromatic N) is 1. The summed E-state index contributed by atoms with van der Waals surface area (Å²) in [5, 5.41) is 7.44. The minimum Gasteiger partial charge on any atom is -0.352 e. The molecule has 3 nitrogen and oxygen atoms in total. The fourth-order valence-corrected chi connectivity index (χ4v) is 1.86. The molecule has 1 heterocycles. The number of anilines is 1. The van der Waals surface area contributed by atoms with Crippen LogP contribution < -0.4 is 10.6 Å². The Morgan fingerprint density at radius 1 is 1.38 bits per heavy atom. The number of guanidine groups is 1. The third-order valence-electron chi connectivity index (χ3n) is 2.11. The largest absolute Gasteiger partial charge is 0.352 e. The van der Waals surface area contributed by atoms with Crippen molar-refractivity contribution in [2.24, 2.45) is 4.99 Å². The summed E-state index contributed by atoms with van der Waals surface area (Å²) >= 11 is 12.0. The number of nitrogens with one attached hydrogen (secondary N) is 2. The van der Waals surface area contributed by atoms with Crippen LogP contribution in [-0.4, -0.2) is 18.5 Å². The second-order valence-electron chi connectivity index (χ2n) is 3.46. The van der Waals surface area contributed by atoms with Gasteiger partial charge in [-0.1, -0.05) is 29.3 Å². The highest BCUT2D eigenvalue weighted by atomic mass is 35.5. The highest BCUT2D eigenvalue weighted by Gasteiger charge is 2.14. The molecule has 2 N–H and O–H groups in total. The summed E-state index contributed by atoms with van der Waals surface area (Å²) in [5.41, 5.74) is 0.696. The number of para-hydroxylation sites is 1. The van der Waals surface area contributed by atoms with E-state index in [1.165, 1.54) is 0 Å². The van der Waals surface area contributed by atoms with Crippen LogP contribution in [0.3, 0.4) is 0 Å². The molecule has 6 heteroatoms. The van der Waals surface area contributed by atoms with Crippen molar-refractivity contribution in [3.63, 3.8) is 0 Å². The van der Waals surface area contributed by atoms with Crippen molar-refractivity contribution < 1.29 is 0 Å². The Balaban J connectivity index is 0.00000128. The summed E-state index contributed by atoms with van der Waals surface area (Å²) in [7, 11) is 0. The molecule has 2 rings (SSSR count). The van der Waals surface area contributed by atoms with E-state index >= 15 is 0 Å². The SMILES string of the molecule is C[C@H]1CN=C(Nc2c(Cl)cccc2Cl)N1.Cl. The van der Waals surface area contributed by atoms with E-state index in [9.17, 15) is 0 Å². The maximum Gasteiger partial charge on any atom is 0.196 e. The summed E-state index contributed by atoms with van der Waals surface area (Å²) in [5.74, 6) is 0.720. The zero-order valence-corrected chi connectivity index (χ0v) is 11.0. The lowest BCUT2D eigenvalue weighted by Gasteiger charge is -2.11. The first-order valence-corrected chi connectivity index (χ1v) is 5.44. The van der Waals surface area contributed by atoms with Crippen LogP contribution >= 0.6 is 35.6 Å². The van der Waals surface area contributed by atoms with Crippen molar-refractivity contribution in [1.82, 2.24) is 5.32 Å². The van der Waals surface area contributed by atoms with Crippen LogP contribution in [0.25, 0.3) is 0 Å². The predicted molar refractivity (Wildman–Crippen MR) is 72.2 cm³/mol. The van der Waals surface area contributed by atoms with E-state index in [0.29, 0.717) is 21.8 Å². The van der Waals surface area contributed by atoms with Crippen LogP contribution in [0.15, 0.2) is 23.2 Å². The number of benzene rings is 1. The molecule has 1 aromatic rings. The van der Waals surface area contributed by atoms with Gasteiger partial charge in [-0.15, -0.1) is 12.4 Å². The van der Waals surface area contributed by atoms with E-state index in [-0.39, 0.29) is 12.4 Å². The highest BCUT2D eigenvalue weighted by Crippen LogP contribution is 2.29. The molecule has 1 atom stereocenters. The second kappa shape index (κ2) is 5.62. The van der Waals surface area contributed by atoms with Crippen molar-refractivity contribution in [2.75, 3.05) is 11.9 Å². The number of halogens is 3. The van der Waals surface area contributed by atoms with Gasteiger partial charge in [0.2, 0.25) is 0 Å². The molecule has 0 unspecified atom stereocenters. The summed E-state index contributed by atoms with van der Waals surface area (Å²) in [6.45, 7) is 2.83. The Hall–Kier alpha value is -0.640. The van der Waals surface area contributed by atoms with Crippen LogP contribution in [0.2, 0.25) is 10.0 Å². The van der Waals surface area contributed by atoms with Gasteiger partial charge in [0, 0.05) is 6.04 Å². The molecule has 0 amide bonds. The van der Waals surface area contributed by atoms with Crippen LogP contribution in [0.4, 0.5) is 5.69 Å². The first-order chi connectivity index (χ1) is 7.16. The first kappa shape index (κ1) is 13.4. The Labute approximate surface area is 111 Å². The van der Waals surface area contributed by atoms with E-state index in [1.807, 2.05) is 6.07 Å². The molecule has 0 spiro atoms. The molecule has 1 aliphatic rings. The Morgan fingerprint density at radius 3 is 2.50 bits per heavy atom. The Morgan fingerprint density at radius 2 is 2.00 bits per heavy atom. The number of aliphatic imine (C=N–C) groups is 1. The van der Waals surface area contributed by atoms with Gasteiger partial charge in [0.05, 0.1) is 22.3 Å². The Bertz CT molecular complexity index is 386. The van der Waals surface area contributed by atoms with E-state index in [2.05, 4.69) is 22.5 Å². The average molecular weight is 281 g/mol. The van der Waals surface area contributed by atoms with Gasteiger partial charge in [0.25, 0.3) is 0 Å². The van der Waals surface area contributed by atoms with Crippen molar-refractivity contribution in [2.45, 2.75) is 13.0 Å². The van der Waals surface area contributed by atoms with Gasteiger partial charge in [0.1, 0.15) is 0 Å². The molecule has 0 aromatic heterocycles. The third-order valence-corrected chi connectivity index (χ3v) is 2.74. The average Bonchev–Trinajstić information content (AvgIpc) is 2.58. The molecule has 0 radical (unpaired) electrons. The summed E-state index contributed by atoms with van der Waals surface area (Å²) in [6.07, 6.45) is 0. The van der Waals surface area contributed by atoms with E-state index in [1.54, 1.807) is 12.1 Å². The molecule has 0 saturated carbocycles. The fraction of sp³-hybridized carbons (Fsp3) is 0.300. The van der Waals surface area contributed by atoms with Crippen molar-refractivity contribution in [3.8, 4) is 0 Å². The third kappa shape index (κ3) is 2.94. The number of hydrogen-bond donors (Lipinski definition) is 2. The molecule has 0 aliphatic carbocycles. The van der Waals surface area contributed by atoms with Gasteiger partial charge >= 0.3 is 0 Å². The zero-order valence-electron chi connectivity index (χ0n) is 8.63. The molecule has 1 aliphatic heterocycles. The standard InChI is InChI=1S/C10H11Cl2N3.ClH/c1-6-5-13-10(14-6)15-9-7(11)3-2-4-8(9)12;/h2-4,6H,5H2,1H3,(H2,13,14,15);1H/t6-;/m0./s1. The Kier molecular flexibility index (Phi) is 4.71. The zero-order chi connectivity index (χ0) is 10.8. The van der Waals surface area contributed by atoms with Crippen LogP contribution in [-0.2, 0) is 0 Å². The van der Waals surface area contributed by atoms with Gasteiger partial charge in [-0.25, -0.2) is 0 Å². The quantitative estimate of drug-likeness (QED) is 0.829. The lowest BCUT2D eigenvalue weighted by atomic mass is 10.3. The van der Waals surface area contributed by atoms with Gasteiger partial charge in [0.15, 0.2) is 5.96 Å². The van der Waals surface area contributed by atoms with Gasteiger partial charge in [-0.05, 0) is 19.1 Å². The van der Waals surface area contributed by atoms with Crippen molar-refractivity contribution >= 4 is 47.3 Å². The maximum absolute atomic E-state index is 6.01. The normalized spacial score (nSPS) is 18.4.